The monoisotopic (exact) mass is 341 g/mol. The molecule has 0 bridgehead atoms. The van der Waals surface area contributed by atoms with E-state index in [0.29, 0.717) is 24.1 Å². The summed E-state index contributed by atoms with van der Waals surface area (Å²) in [6.07, 6.45) is 0.926. The number of nitrogens with zero attached hydrogens (tertiary/aromatic N) is 2. The van der Waals surface area contributed by atoms with Gasteiger partial charge in [-0.1, -0.05) is 31.5 Å². The molecular formula is C15H20ClN3O2S. The Morgan fingerprint density at radius 1 is 1.50 bits per heavy atom. The van der Waals surface area contributed by atoms with Crippen molar-refractivity contribution < 1.29 is 9.59 Å². The molecule has 2 rings (SSSR count). The van der Waals surface area contributed by atoms with Crippen LogP contribution < -0.4 is 5.32 Å². The van der Waals surface area contributed by atoms with Crippen LogP contribution in [0.1, 0.15) is 30.8 Å². The number of amides is 2. The van der Waals surface area contributed by atoms with Gasteiger partial charge in [0.2, 0.25) is 5.91 Å². The minimum atomic E-state index is -0.439. The summed E-state index contributed by atoms with van der Waals surface area (Å²) in [6, 6.07) is 4.48. The molecule has 2 amide bonds. The highest BCUT2D eigenvalue weighted by molar-refractivity contribution is 7.99. The molecule has 1 aromatic rings. The lowest BCUT2D eigenvalue weighted by atomic mass is 10.1. The van der Waals surface area contributed by atoms with Gasteiger partial charge in [-0.25, -0.2) is 4.98 Å². The summed E-state index contributed by atoms with van der Waals surface area (Å²) in [5.41, 5.74) is 0.273. The molecule has 0 saturated carbocycles. The van der Waals surface area contributed by atoms with Crippen molar-refractivity contribution in [3.8, 4) is 0 Å². The number of nitrogens with one attached hydrogen (secondary N) is 1. The number of carbonyl (C=O) groups is 2. The molecular weight excluding hydrogens is 322 g/mol. The molecule has 0 aliphatic carbocycles. The third-order valence-corrected chi connectivity index (χ3v) is 4.62. The van der Waals surface area contributed by atoms with Crippen LogP contribution in [0.25, 0.3) is 0 Å². The molecule has 1 atom stereocenters. The van der Waals surface area contributed by atoms with Crippen molar-refractivity contribution in [2.75, 3.05) is 18.2 Å². The maximum absolute atomic E-state index is 12.5. The van der Waals surface area contributed by atoms with Crippen LogP contribution in [0.5, 0.6) is 0 Å². The standard InChI is InChI=1S/C15H20ClN3O2S/c1-10(2)6-7-17-14(20)12-8-22-9-19(12)15(21)11-4-3-5-13(16)18-11/h3-5,10,12H,6-9H2,1-2H3,(H,17,20)/t12-/m0/s1. The van der Waals surface area contributed by atoms with Crippen LogP contribution in [-0.2, 0) is 4.79 Å². The third kappa shape index (κ3) is 4.36. The molecule has 22 heavy (non-hydrogen) atoms. The summed E-state index contributed by atoms with van der Waals surface area (Å²) in [4.78, 5) is 30.4. The molecule has 0 aromatic carbocycles. The molecule has 1 aromatic heterocycles. The van der Waals surface area contributed by atoms with Crippen LogP contribution in [0.4, 0.5) is 0 Å². The summed E-state index contributed by atoms with van der Waals surface area (Å²) in [7, 11) is 0. The van der Waals surface area contributed by atoms with Crippen molar-refractivity contribution in [2.45, 2.75) is 26.3 Å². The van der Waals surface area contributed by atoms with Gasteiger partial charge in [0, 0.05) is 12.3 Å². The summed E-state index contributed by atoms with van der Waals surface area (Å²) in [6.45, 7) is 4.85. The van der Waals surface area contributed by atoms with Gasteiger partial charge in [-0.05, 0) is 24.5 Å². The molecule has 1 aliphatic heterocycles. The topological polar surface area (TPSA) is 62.3 Å². The molecule has 2 heterocycles. The zero-order chi connectivity index (χ0) is 16.1. The Kier molecular flexibility index (Phi) is 6.08. The molecule has 0 radical (unpaired) electrons. The van der Waals surface area contributed by atoms with E-state index in [1.807, 2.05) is 0 Å². The molecule has 1 fully saturated rings. The normalized spacial score (nSPS) is 17.8. The lowest BCUT2D eigenvalue weighted by Crippen LogP contribution is -2.47. The largest absolute Gasteiger partial charge is 0.354 e. The predicted octanol–water partition coefficient (Wildman–Crippen LogP) is 2.41. The summed E-state index contributed by atoms with van der Waals surface area (Å²) in [5.74, 6) is 1.29. The fourth-order valence-electron chi connectivity index (χ4n) is 2.14. The minimum absolute atomic E-state index is 0.0963. The van der Waals surface area contributed by atoms with Gasteiger partial charge >= 0.3 is 0 Å². The summed E-state index contributed by atoms with van der Waals surface area (Å²) < 4.78 is 0. The fraction of sp³-hybridized carbons (Fsp3) is 0.533. The first-order valence-electron chi connectivity index (χ1n) is 7.28. The average Bonchev–Trinajstić information content (AvgIpc) is 2.95. The van der Waals surface area contributed by atoms with Crippen molar-refractivity contribution in [1.29, 1.82) is 0 Å². The molecule has 120 valence electrons. The number of carbonyl (C=O) groups excluding carboxylic acids is 2. The Hall–Kier alpha value is -1.27. The zero-order valence-electron chi connectivity index (χ0n) is 12.7. The molecule has 0 unspecified atom stereocenters. The van der Waals surface area contributed by atoms with Crippen molar-refractivity contribution in [3.63, 3.8) is 0 Å². The van der Waals surface area contributed by atoms with E-state index >= 15 is 0 Å². The van der Waals surface area contributed by atoms with Gasteiger partial charge in [0.1, 0.15) is 16.9 Å². The Labute approximate surface area is 139 Å². The summed E-state index contributed by atoms with van der Waals surface area (Å²) >= 11 is 7.40. The molecule has 1 saturated heterocycles. The first-order valence-corrected chi connectivity index (χ1v) is 8.81. The summed E-state index contributed by atoms with van der Waals surface area (Å²) in [5, 5.41) is 3.18. The first kappa shape index (κ1) is 17.1. The van der Waals surface area contributed by atoms with Crippen molar-refractivity contribution in [3.05, 3.63) is 29.0 Å². The molecule has 1 N–H and O–H groups in total. The van der Waals surface area contributed by atoms with E-state index in [-0.39, 0.29) is 22.7 Å². The third-order valence-electron chi connectivity index (χ3n) is 3.40. The second kappa shape index (κ2) is 7.83. The van der Waals surface area contributed by atoms with Gasteiger partial charge in [-0.2, -0.15) is 0 Å². The molecule has 1 aliphatic rings. The van der Waals surface area contributed by atoms with Crippen LogP contribution in [0.2, 0.25) is 5.15 Å². The Bertz CT molecular complexity index is 553. The van der Waals surface area contributed by atoms with Crippen molar-refractivity contribution in [2.24, 2.45) is 5.92 Å². The van der Waals surface area contributed by atoms with E-state index in [4.69, 9.17) is 11.6 Å². The number of halogens is 1. The van der Waals surface area contributed by atoms with Crippen molar-refractivity contribution in [1.82, 2.24) is 15.2 Å². The predicted molar refractivity (Wildman–Crippen MR) is 89.0 cm³/mol. The van der Waals surface area contributed by atoms with E-state index in [2.05, 4.69) is 24.1 Å². The van der Waals surface area contributed by atoms with Crippen LogP contribution in [0.15, 0.2) is 18.2 Å². The Balaban J connectivity index is 2.00. The molecule has 7 heteroatoms. The highest BCUT2D eigenvalue weighted by Crippen LogP contribution is 2.23. The SMILES string of the molecule is CC(C)CCNC(=O)[C@@H]1CSCN1C(=O)c1cccc(Cl)n1. The maximum atomic E-state index is 12.5. The second-order valence-corrected chi connectivity index (χ2v) is 7.00. The lowest BCUT2D eigenvalue weighted by molar-refractivity contribution is -0.124. The zero-order valence-corrected chi connectivity index (χ0v) is 14.3. The minimum Gasteiger partial charge on any atom is -0.354 e. The number of rotatable bonds is 5. The van der Waals surface area contributed by atoms with Gasteiger partial charge in [0.15, 0.2) is 0 Å². The van der Waals surface area contributed by atoms with Gasteiger partial charge in [-0.3, -0.25) is 9.59 Å². The Morgan fingerprint density at radius 3 is 2.95 bits per heavy atom. The van der Waals surface area contributed by atoms with Crippen LogP contribution in [0, 0.1) is 5.92 Å². The smallest absolute Gasteiger partial charge is 0.273 e. The van der Waals surface area contributed by atoms with E-state index in [1.54, 1.807) is 34.9 Å². The number of hydrogen-bond donors (Lipinski definition) is 1. The van der Waals surface area contributed by atoms with E-state index in [0.717, 1.165) is 6.42 Å². The van der Waals surface area contributed by atoms with Crippen LogP contribution >= 0.6 is 23.4 Å². The molecule has 0 spiro atoms. The fourth-order valence-corrected chi connectivity index (χ4v) is 3.45. The van der Waals surface area contributed by atoms with Gasteiger partial charge in [-0.15, -0.1) is 11.8 Å². The second-order valence-electron chi connectivity index (χ2n) is 5.61. The number of thioether (sulfide) groups is 1. The maximum Gasteiger partial charge on any atom is 0.273 e. The van der Waals surface area contributed by atoms with Crippen LogP contribution in [-0.4, -0.2) is 45.9 Å². The lowest BCUT2D eigenvalue weighted by Gasteiger charge is -2.23. The van der Waals surface area contributed by atoms with E-state index < -0.39 is 6.04 Å². The number of hydrogen-bond acceptors (Lipinski definition) is 4. The highest BCUT2D eigenvalue weighted by Gasteiger charge is 2.35. The quantitative estimate of drug-likeness (QED) is 0.835. The number of aromatic nitrogens is 1. The van der Waals surface area contributed by atoms with E-state index in [9.17, 15) is 9.59 Å². The highest BCUT2D eigenvalue weighted by atomic mass is 35.5. The molecule has 5 nitrogen and oxygen atoms in total. The average molecular weight is 342 g/mol. The Morgan fingerprint density at radius 2 is 2.27 bits per heavy atom. The van der Waals surface area contributed by atoms with Crippen molar-refractivity contribution >= 4 is 35.2 Å². The van der Waals surface area contributed by atoms with Gasteiger partial charge < -0.3 is 10.2 Å². The van der Waals surface area contributed by atoms with Gasteiger partial charge in [0.25, 0.3) is 5.91 Å². The van der Waals surface area contributed by atoms with Crippen LogP contribution in [0.3, 0.4) is 0 Å². The van der Waals surface area contributed by atoms with E-state index in [1.165, 1.54) is 0 Å². The number of pyridine rings is 1. The first-order chi connectivity index (χ1) is 10.5. The van der Waals surface area contributed by atoms with Gasteiger partial charge in [0.05, 0.1) is 5.88 Å².